The Morgan fingerprint density at radius 2 is 2.40 bits per heavy atom. The maximum Gasteiger partial charge on any atom is 0.136 e. The van der Waals surface area contributed by atoms with E-state index in [1.165, 1.54) is 0 Å². The highest BCUT2D eigenvalue weighted by Crippen LogP contribution is 2.18. The third-order valence-corrected chi connectivity index (χ3v) is 1.34. The predicted molar refractivity (Wildman–Crippen MR) is 44.8 cm³/mol. The van der Waals surface area contributed by atoms with Crippen LogP contribution in [0.15, 0.2) is 17.6 Å². The maximum atomic E-state index is 3.79. The first-order valence-corrected chi connectivity index (χ1v) is 3.06. The molecular weight excluding hydrogens is 124 g/mol. The lowest BCUT2D eigenvalue weighted by atomic mass is 10.3. The van der Waals surface area contributed by atoms with Gasteiger partial charge in [0.1, 0.15) is 5.82 Å². The van der Waals surface area contributed by atoms with Gasteiger partial charge in [-0.2, -0.15) is 0 Å². The Balaban J connectivity index is 3.20. The molecule has 0 aliphatic heterocycles. The molecule has 1 N–H and O–H groups in total. The minimum atomic E-state index is 0.799. The third-order valence-electron chi connectivity index (χ3n) is 1.34. The second-order valence-electron chi connectivity index (χ2n) is 2.12. The summed E-state index contributed by atoms with van der Waals surface area (Å²) in [6, 6.07) is 1.98. The van der Waals surface area contributed by atoms with Crippen LogP contribution in [0.1, 0.15) is 11.3 Å². The smallest absolute Gasteiger partial charge is 0.136 e. The van der Waals surface area contributed by atoms with Crippen LogP contribution < -0.4 is 0 Å². The molecule has 52 valence electrons. The molecule has 2 heteroatoms. The van der Waals surface area contributed by atoms with Crippen molar-refractivity contribution in [2.24, 2.45) is 4.99 Å². The highest BCUT2D eigenvalue weighted by Gasteiger charge is 1.98. The van der Waals surface area contributed by atoms with Gasteiger partial charge in [0.15, 0.2) is 0 Å². The van der Waals surface area contributed by atoms with Crippen LogP contribution in [-0.4, -0.2) is 11.7 Å². The average Bonchev–Trinajstić information content (AvgIpc) is 2.30. The Morgan fingerprint density at radius 3 is 2.80 bits per heavy atom. The van der Waals surface area contributed by atoms with E-state index in [0.717, 1.165) is 17.1 Å². The molecule has 0 aliphatic carbocycles. The van der Waals surface area contributed by atoms with Gasteiger partial charge in [-0.1, -0.05) is 12.7 Å². The molecule has 0 bridgehead atoms. The molecule has 0 aromatic carbocycles. The van der Waals surface area contributed by atoms with Crippen LogP contribution in [0.2, 0.25) is 0 Å². The molecule has 0 saturated heterocycles. The van der Waals surface area contributed by atoms with Crippen LogP contribution in [0.4, 0.5) is 5.82 Å². The largest absolute Gasteiger partial charge is 0.344 e. The van der Waals surface area contributed by atoms with Gasteiger partial charge in [-0.3, -0.25) is 0 Å². The second-order valence-corrected chi connectivity index (χ2v) is 2.12. The van der Waals surface area contributed by atoms with E-state index in [4.69, 9.17) is 0 Å². The van der Waals surface area contributed by atoms with Gasteiger partial charge in [-0.05, 0) is 19.7 Å². The van der Waals surface area contributed by atoms with E-state index in [1.807, 2.05) is 13.0 Å². The zero-order valence-corrected chi connectivity index (χ0v) is 6.02. The molecule has 0 spiro atoms. The molecule has 2 nitrogen and oxygen atoms in total. The lowest BCUT2D eigenvalue weighted by molar-refractivity contribution is 1.24. The summed E-state index contributed by atoms with van der Waals surface area (Å²) in [6.07, 6.45) is 1.76. The quantitative estimate of drug-likeness (QED) is 0.601. The average molecular weight is 134 g/mol. The van der Waals surface area contributed by atoms with Gasteiger partial charge in [0.05, 0.1) is 0 Å². The lowest BCUT2D eigenvalue weighted by Crippen LogP contribution is -1.65. The lowest BCUT2D eigenvalue weighted by Gasteiger charge is -1.86. The van der Waals surface area contributed by atoms with Crippen LogP contribution >= 0.6 is 0 Å². The van der Waals surface area contributed by atoms with Crippen molar-refractivity contribution < 1.29 is 0 Å². The molecular formula is C8H10N2. The Hall–Kier alpha value is -1.31. The minimum absolute atomic E-state index is 0.799. The number of aromatic amines is 1. The Bertz CT molecular complexity index is 233. The second kappa shape index (κ2) is 2.52. The molecule has 0 saturated carbocycles. The number of aryl methyl sites for hydroxylation is 1. The molecule has 0 atom stereocenters. The molecule has 0 unspecified atom stereocenters. The number of hydrogen-bond donors (Lipinski definition) is 1. The van der Waals surface area contributed by atoms with E-state index < -0.39 is 0 Å². The standard InChI is InChI=1S/C8H10N2/c1-4-7-5-6(2)10-8(7)9-3/h4-5,10H,1,3H2,2H3. The van der Waals surface area contributed by atoms with E-state index in [0.29, 0.717) is 0 Å². The Kier molecular flexibility index (Phi) is 1.71. The molecule has 1 aromatic rings. The van der Waals surface area contributed by atoms with Gasteiger partial charge in [0, 0.05) is 11.3 Å². The van der Waals surface area contributed by atoms with Gasteiger partial charge < -0.3 is 4.98 Å². The molecule has 1 aromatic heterocycles. The third kappa shape index (κ3) is 1.00. The van der Waals surface area contributed by atoms with Crippen LogP contribution in [0, 0.1) is 6.92 Å². The summed E-state index contributed by atoms with van der Waals surface area (Å²) in [6.45, 7) is 9.04. The van der Waals surface area contributed by atoms with Crippen molar-refractivity contribution in [3.8, 4) is 0 Å². The zero-order valence-electron chi connectivity index (χ0n) is 6.02. The van der Waals surface area contributed by atoms with Gasteiger partial charge in [-0.25, -0.2) is 4.99 Å². The van der Waals surface area contributed by atoms with Crippen molar-refractivity contribution in [2.45, 2.75) is 6.92 Å². The molecule has 1 heterocycles. The fourth-order valence-corrected chi connectivity index (χ4v) is 0.883. The molecule has 0 radical (unpaired) electrons. The van der Waals surface area contributed by atoms with Gasteiger partial charge in [0.2, 0.25) is 0 Å². The Morgan fingerprint density at radius 1 is 1.70 bits per heavy atom. The van der Waals surface area contributed by atoms with Gasteiger partial charge in [0.25, 0.3) is 0 Å². The number of nitrogens with one attached hydrogen (secondary N) is 1. The normalized spacial score (nSPS) is 9.30. The van der Waals surface area contributed by atoms with Gasteiger partial charge in [-0.15, -0.1) is 0 Å². The number of aromatic nitrogens is 1. The van der Waals surface area contributed by atoms with Crippen molar-refractivity contribution in [1.29, 1.82) is 0 Å². The summed E-state index contributed by atoms with van der Waals surface area (Å²) in [5, 5.41) is 0. The van der Waals surface area contributed by atoms with Crippen molar-refractivity contribution in [1.82, 2.24) is 4.98 Å². The summed E-state index contributed by atoms with van der Waals surface area (Å²) in [5.41, 5.74) is 2.09. The van der Waals surface area contributed by atoms with Crippen LogP contribution in [0.3, 0.4) is 0 Å². The first-order chi connectivity index (χ1) is 4.77. The van der Waals surface area contributed by atoms with E-state index in [1.54, 1.807) is 6.08 Å². The van der Waals surface area contributed by atoms with Crippen molar-refractivity contribution in [2.75, 3.05) is 0 Å². The molecule has 0 fully saturated rings. The van der Waals surface area contributed by atoms with E-state index in [2.05, 4.69) is 23.3 Å². The minimum Gasteiger partial charge on any atom is -0.344 e. The van der Waals surface area contributed by atoms with E-state index in [9.17, 15) is 0 Å². The number of hydrogen-bond acceptors (Lipinski definition) is 1. The zero-order chi connectivity index (χ0) is 7.56. The summed E-state index contributed by atoms with van der Waals surface area (Å²) in [5.74, 6) is 0.799. The van der Waals surface area contributed by atoms with E-state index in [-0.39, 0.29) is 0 Å². The van der Waals surface area contributed by atoms with Crippen molar-refractivity contribution in [3.63, 3.8) is 0 Å². The number of H-pyrrole nitrogens is 1. The number of rotatable bonds is 2. The predicted octanol–water partition coefficient (Wildman–Crippen LogP) is 2.30. The summed E-state index contributed by atoms with van der Waals surface area (Å²) < 4.78 is 0. The number of nitrogens with zero attached hydrogens (tertiary/aromatic N) is 1. The summed E-state index contributed by atoms with van der Waals surface area (Å²) in [4.78, 5) is 6.83. The maximum absolute atomic E-state index is 3.79. The number of aliphatic imine (C=N–C) groups is 1. The fourth-order valence-electron chi connectivity index (χ4n) is 0.883. The summed E-state index contributed by atoms with van der Waals surface area (Å²) in [7, 11) is 0. The SMILES string of the molecule is C=Cc1cc(C)[nH]c1N=C. The topological polar surface area (TPSA) is 28.1 Å². The van der Waals surface area contributed by atoms with E-state index >= 15 is 0 Å². The highest BCUT2D eigenvalue weighted by atomic mass is 14.9. The Labute approximate surface area is 60.3 Å². The highest BCUT2D eigenvalue weighted by molar-refractivity contribution is 5.62. The van der Waals surface area contributed by atoms with Gasteiger partial charge >= 0.3 is 0 Å². The molecule has 0 aliphatic rings. The fraction of sp³-hybridized carbons (Fsp3) is 0.125. The monoisotopic (exact) mass is 134 g/mol. The van der Waals surface area contributed by atoms with Crippen LogP contribution in [0.25, 0.3) is 6.08 Å². The van der Waals surface area contributed by atoms with Crippen molar-refractivity contribution in [3.05, 3.63) is 23.9 Å². The first kappa shape index (κ1) is 6.81. The molecule has 10 heavy (non-hydrogen) atoms. The van der Waals surface area contributed by atoms with Crippen molar-refractivity contribution >= 4 is 18.6 Å². The first-order valence-electron chi connectivity index (χ1n) is 3.06. The summed E-state index contributed by atoms with van der Waals surface area (Å²) >= 11 is 0. The molecule has 0 amide bonds. The van der Waals surface area contributed by atoms with Crippen LogP contribution in [-0.2, 0) is 0 Å². The molecule has 1 rings (SSSR count). The van der Waals surface area contributed by atoms with Crippen LogP contribution in [0.5, 0.6) is 0 Å².